The summed E-state index contributed by atoms with van der Waals surface area (Å²) in [5.74, 6) is -0.730. The van der Waals surface area contributed by atoms with Crippen molar-refractivity contribution < 1.29 is 14.4 Å². The maximum absolute atomic E-state index is 12.1. The molecule has 0 unspecified atom stereocenters. The van der Waals surface area contributed by atoms with E-state index in [1.165, 1.54) is 4.90 Å². The molecule has 3 amide bonds. The molecule has 0 aliphatic rings. The lowest BCUT2D eigenvalue weighted by molar-refractivity contribution is -0.129. The summed E-state index contributed by atoms with van der Waals surface area (Å²) in [7, 11) is 3.41. The summed E-state index contributed by atoms with van der Waals surface area (Å²) in [5.41, 5.74) is 7.18. The van der Waals surface area contributed by atoms with Gasteiger partial charge in [0.25, 0.3) is 0 Å². The number of carbonyl (C=O) groups is 3. The average Bonchev–Trinajstić information content (AvgIpc) is 3.01. The molecule has 8 nitrogen and oxygen atoms in total. The minimum absolute atomic E-state index is 0.00636. The molecule has 2 rings (SSSR count). The van der Waals surface area contributed by atoms with E-state index in [9.17, 15) is 14.4 Å². The van der Waals surface area contributed by atoms with Gasteiger partial charge in [-0.05, 0) is 29.5 Å². The highest BCUT2D eigenvalue weighted by Gasteiger charge is 2.17. The molecule has 27 heavy (non-hydrogen) atoms. The fraction of sp³-hybridized carbons (Fsp3) is 0.421. The fourth-order valence-electron chi connectivity index (χ4n) is 2.48. The van der Waals surface area contributed by atoms with Gasteiger partial charge in [0.1, 0.15) is 6.54 Å². The zero-order chi connectivity index (χ0) is 20.1. The molecule has 146 valence electrons. The Morgan fingerprint density at radius 1 is 1.19 bits per heavy atom. The molecule has 1 heterocycles. The van der Waals surface area contributed by atoms with Crippen molar-refractivity contribution in [3.63, 3.8) is 0 Å². The minimum Gasteiger partial charge on any atom is -0.347 e. The molecule has 1 aromatic heterocycles. The smallest absolute Gasteiger partial charge is 0.243 e. The van der Waals surface area contributed by atoms with E-state index < -0.39 is 6.04 Å². The Morgan fingerprint density at radius 2 is 1.89 bits per heavy atom. The van der Waals surface area contributed by atoms with Gasteiger partial charge in [0.15, 0.2) is 0 Å². The second kappa shape index (κ2) is 8.68. The molecule has 0 saturated heterocycles. The SMILES string of the molecule is CC(C)[C@H](N)C(=O)NCC(=O)Nc1ccc2ccn(CC(=O)N(C)C)c2c1. The standard InChI is InChI=1S/C19H27N5O3/c1-12(2)18(20)19(27)21-10-16(25)22-14-6-5-13-7-8-24(15(13)9-14)11-17(26)23(3)4/h5-9,12,18H,10-11,20H2,1-4H3,(H,21,27)(H,22,25)/t18-/m0/s1. The van der Waals surface area contributed by atoms with Gasteiger partial charge in [-0.2, -0.15) is 0 Å². The number of fused-ring (bicyclic) bond motifs is 1. The summed E-state index contributed by atoms with van der Waals surface area (Å²) in [6, 6.07) is 6.72. The summed E-state index contributed by atoms with van der Waals surface area (Å²) in [4.78, 5) is 37.4. The third-order valence-corrected chi connectivity index (χ3v) is 4.31. The Bertz CT molecular complexity index is 841. The van der Waals surface area contributed by atoms with Gasteiger partial charge in [-0.3, -0.25) is 14.4 Å². The zero-order valence-corrected chi connectivity index (χ0v) is 16.2. The number of nitrogens with zero attached hydrogens (tertiary/aromatic N) is 2. The Morgan fingerprint density at radius 3 is 2.52 bits per heavy atom. The molecule has 0 spiro atoms. The van der Waals surface area contributed by atoms with E-state index in [0.717, 1.165) is 10.9 Å². The largest absolute Gasteiger partial charge is 0.347 e. The first-order valence-electron chi connectivity index (χ1n) is 8.81. The molecule has 8 heteroatoms. The van der Waals surface area contributed by atoms with Crippen LogP contribution in [0.25, 0.3) is 10.9 Å². The summed E-state index contributed by atoms with van der Waals surface area (Å²) < 4.78 is 1.83. The van der Waals surface area contributed by atoms with E-state index in [-0.39, 0.29) is 36.7 Å². The number of benzene rings is 1. The third-order valence-electron chi connectivity index (χ3n) is 4.31. The van der Waals surface area contributed by atoms with Crippen LogP contribution in [0.3, 0.4) is 0 Å². The quantitative estimate of drug-likeness (QED) is 0.666. The number of hydrogen-bond donors (Lipinski definition) is 3. The molecule has 0 saturated carbocycles. The summed E-state index contributed by atoms with van der Waals surface area (Å²) in [6.45, 7) is 3.75. The summed E-state index contributed by atoms with van der Waals surface area (Å²) >= 11 is 0. The van der Waals surface area contributed by atoms with Gasteiger partial charge in [-0.1, -0.05) is 19.9 Å². The Kier molecular flexibility index (Phi) is 6.57. The lowest BCUT2D eigenvalue weighted by Crippen LogP contribution is -2.46. The highest BCUT2D eigenvalue weighted by Crippen LogP contribution is 2.20. The molecule has 0 radical (unpaired) electrons. The highest BCUT2D eigenvalue weighted by atomic mass is 16.2. The molecular weight excluding hydrogens is 346 g/mol. The van der Waals surface area contributed by atoms with Crippen LogP contribution in [0, 0.1) is 5.92 Å². The second-order valence-electron chi connectivity index (χ2n) is 7.04. The maximum Gasteiger partial charge on any atom is 0.243 e. The number of aromatic nitrogens is 1. The third kappa shape index (κ3) is 5.30. The molecule has 0 fully saturated rings. The monoisotopic (exact) mass is 373 g/mol. The van der Waals surface area contributed by atoms with Crippen LogP contribution in [0.15, 0.2) is 30.5 Å². The lowest BCUT2D eigenvalue weighted by Gasteiger charge is -2.15. The van der Waals surface area contributed by atoms with Crippen molar-refractivity contribution in [3.8, 4) is 0 Å². The number of nitrogens with two attached hydrogens (primary N) is 1. The van der Waals surface area contributed by atoms with Crippen molar-refractivity contribution in [1.29, 1.82) is 0 Å². The predicted octanol–water partition coefficient (Wildman–Crippen LogP) is 0.768. The zero-order valence-electron chi connectivity index (χ0n) is 16.2. The highest BCUT2D eigenvalue weighted by molar-refractivity contribution is 5.97. The summed E-state index contributed by atoms with van der Waals surface area (Å²) in [6.07, 6.45) is 1.84. The molecule has 4 N–H and O–H groups in total. The number of amides is 3. The molecule has 2 aromatic rings. The summed E-state index contributed by atoms with van der Waals surface area (Å²) in [5, 5.41) is 6.25. The van der Waals surface area contributed by atoms with E-state index in [1.54, 1.807) is 26.2 Å². The van der Waals surface area contributed by atoms with Crippen LogP contribution in [-0.2, 0) is 20.9 Å². The second-order valence-corrected chi connectivity index (χ2v) is 7.04. The van der Waals surface area contributed by atoms with Gasteiger partial charge in [-0.15, -0.1) is 0 Å². The van der Waals surface area contributed by atoms with Crippen molar-refractivity contribution in [2.45, 2.75) is 26.4 Å². The molecule has 0 aliphatic carbocycles. The van der Waals surface area contributed by atoms with Crippen molar-refractivity contribution in [1.82, 2.24) is 14.8 Å². The van der Waals surface area contributed by atoms with Gasteiger partial charge in [0, 0.05) is 26.0 Å². The van der Waals surface area contributed by atoms with E-state index >= 15 is 0 Å². The number of carbonyl (C=O) groups excluding carboxylic acids is 3. The number of likely N-dealkylation sites (N-methyl/N-ethyl adjacent to an activating group) is 1. The first kappa shape index (κ1) is 20.4. The predicted molar refractivity (Wildman–Crippen MR) is 105 cm³/mol. The Hall–Kier alpha value is -2.87. The minimum atomic E-state index is -0.647. The van der Waals surface area contributed by atoms with Crippen LogP contribution in [0.4, 0.5) is 5.69 Å². The van der Waals surface area contributed by atoms with Crippen LogP contribution >= 0.6 is 0 Å². The molecule has 0 bridgehead atoms. The van der Waals surface area contributed by atoms with Crippen molar-refractivity contribution in [2.75, 3.05) is 26.0 Å². The van der Waals surface area contributed by atoms with Gasteiger partial charge >= 0.3 is 0 Å². The van der Waals surface area contributed by atoms with E-state index in [0.29, 0.717) is 5.69 Å². The molecule has 0 aliphatic heterocycles. The topological polar surface area (TPSA) is 109 Å². The normalized spacial score (nSPS) is 12.1. The van der Waals surface area contributed by atoms with Crippen molar-refractivity contribution in [3.05, 3.63) is 30.5 Å². The number of nitrogens with one attached hydrogen (secondary N) is 2. The van der Waals surface area contributed by atoms with Gasteiger partial charge in [-0.25, -0.2) is 0 Å². The van der Waals surface area contributed by atoms with E-state index in [2.05, 4.69) is 10.6 Å². The van der Waals surface area contributed by atoms with Crippen LogP contribution in [-0.4, -0.2) is 53.9 Å². The van der Waals surface area contributed by atoms with Gasteiger partial charge in [0.2, 0.25) is 17.7 Å². The van der Waals surface area contributed by atoms with E-state index in [4.69, 9.17) is 5.73 Å². The average molecular weight is 373 g/mol. The Balaban J connectivity index is 2.03. The van der Waals surface area contributed by atoms with Gasteiger partial charge in [0.05, 0.1) is 18.1 Å². The number of anilines is 1. The molecule has 1 aromatic carbocycles. The first-order chi connectivity index (χ1) is 12.7. The van der Waals surface area contributed by atoms with Crippen molar-refractivity contribution >= 4 is 34.3 Å². The lowest BCUT2D eigenvalue weighted by atomic mass is 10.1. The molecule has 1 atom stereocenters. The van der Waals surface area contributed by atoms with Crippen LogP contribution in [0.1, 0.15) is 13.8 Å². The first-order valence-corrected chi connectivity index (χ1v) is 8.81. The molecular formula is C19H27N5O3. The van der Waals surface area contributed by atoms with Crippen molar-refractivity contribution in [2.24, 2.45) is 11.7 Å². The fourth-order valence-corrected chi connectivity index (χ4v) is 2.48. The van der Waals surface area contributed by atoms with E-state index in [1.807, 2.05) is 36.7 Å². The van der Waals surface area contributed by atoms with Gasteiger partial charge < -0.3 is 25.8 Å². The maximum atomic E-state index is 12.1. The Labute approximate surface area is 158 Å². The van der Waals surface area contributed by atoms with Crippen LogP contribution in [0.5, 0.6) is 0 Å². The van der Waals surface area contributed by atoms with Crippen LogP contribution < -0.4 is 16.4 Å². The number of rotatable bonds is 7. The number of hydrogen-bond acceptors (Lipinski definition) is 4. The van der Waals surface area contributed by atoms with Crippen LogP contribution in [0.2, 0.25) is 0 Å².